The number of likely N-dealkylation sites (N-methyl/N-ethyl adjacent to an activating group) is 1. The summed E-state index contributed by atoms with van der Waals surface area (Å²) in [6.45, 7) is 7.89. The third kappa shape index (κ3) is 3.55. The van der Waals surface area contributed by atoms with Gasteiger partial charge in [0.05, 0.1) is 0 Å². The minimum absolute atomic E-state index is 0.662. The van der Waals surface area contributed by atoms with E-state index in [1.54, 1.807) is 0 Å². The maximum atomic E-state index is 3.61. The largest absolute Gasteiger partial charge is 0.311 e. The minimum Gasteiger partial charge on any atom is -0.311 e. The molecule has 1 heterocycles. The van der Waals surface area contributed by atoms with Crippen LogP contribution in [0.3, 0.4) is 0 Å². The van der Waals surface area contributed by atoms with Crippen LogP contribution in [0.15, 0.2) is 18.2 Å². The molecule has 0 radical (unpaired) electrons. The molecular weight excluding hydrogens is 208 g/mol. The molecule has 1 N–H and O–H groups in total. The Hall–Kier alpha value is -0.860. The van der Waals surface area contributed by atoms with E-state index in [1.807, 2.05) is 0 Å². The maximum absolute atomic E-state index is 3.61. The lowest BCUT2D eigenvalue weighted by Gasteiger charge is -2.31. The number of hydrogen-bond acceptors (Lipinski definition) is 2. The van der Waals surface area contributed by atoms with E-state index in [0.717, 1.165) is 6.54 Å². The van der Waals surface area contributed by atoms with Gasteiger partial charge in [0.25, 0.3) is 0 Å². The number of piperazine rings is 1. The number of hydrogen-bond donors (Lipinski definition) is 1. The molecule has 2 nitrogen and oxygen atoms in total. The van der Waals surface area contributed by atoms with Crippen molar-refractivity contribution in [3.8, 4) is 0 Å². The first-order valence-electron chi connectivity index (χ1n) is 6.63. The fraction of sp³-hybridized carbons (Fsp3) is 0.600. The van der Waals surface area contributed by atoms with Gasteiger partial charge in [0.1, 0.15) is 0 Å². The topological polar surface area (TPSA) is 15.3 Å². The van der Waals surface area contributed by atoms with Gasteiger partial charge >= 0.3 is 0 Å². The number of benzene rings is 1. The van der Waals surface area contributed by atoms with E-state index in [2.05, 4.69) is 49.3 Å². The summed E-state index contributed by atoms with van der Waals surface area (Å²) in [5, 5.41) is 3.61. The Morgan fingerprint density at radius 3 is 2.88 bits per heavy atom. The predicted molar refractivity (Wildman–Crippen MR) is 73.5 cm³/mol. The second-order valence-corrected chi connectivity index (χ2v) is 5.38. The van der Waals surface area contributed by atoms with Crippen LogP contribution in [-0.2, 0) is 6.42 Å². The summed E-state index contributed by atoms with van der Waals surface area (Å²) in [7, 11) is 2.21. The monoisotopic (exact) mass is 232 g/mol. The highest BCUT2D eigenvalue weighted by molar-refractivity contribution is 5.30. The Morgan fingerprint density at radius 2 is 2.18 bits per heavy atom. The fourth-order valence-electron chi connectivity index (χ4n) is 2.64. The van der Waals surface area contributed by atoms with Gasteiger partial charge in [0.15, 0.2) is 0 Å². The van der Waals surface area contributed by atoms with Gasteiger partial charge in [-0.2, -0.15) is 0 Å². The first kappa shape index (κ1) is 12.6. The molecule has 0 bridgehead atoms. The summed E-state index contributed by atoms with van der Waals surface area (Å²) >= 11 is 0. The lowest BCUT2D eigenvalue weighted by molar-refractivity contribution is 0.232. The first-order valence-corrected chi connectivity index (χ1v) is 6.63. The molecule has 94 valence electrons. The average molecular weight is 232 g/mol. The zero-order valence-corrected chi connectivity index (χ0v) is 11.3. The standard InChI is InChI=1S/C15H24N2/c1-12-4-5-14(13(2)10-12)6-7-15-11-17(3)9-8-16-15/h4-5,10,15-16H,6-9,11H2,1-3H3. The Morgan fingerprint density at radius 1 is 1.35 bits per heavy atom. The molecule has 1 atom stereocenters. The molecule has 1 unspecified atom stereocenters. The summed E-state index contributed by atoms with van der Waals surface area (Å²) in [6.07, 6.45) is 2.44. The number of rotatable bonds is 3. The Balaban J connectivity index is 1.88. The molecule has 1 aliphatic rings. The van der Waals surface area contributed by atoms with Gasteiger partial charge in [-0.05, 0) is 44.9 Å². The van der Waals surface area contributed by atoms with Crippen molar-refractivity contribution >= 4 is 0 Å². The van der Waals surface area contributed by atoms with Gasteiger partial charge in [-0.1, -0.05) is 23.8 Å². The summed E-state index contributed by atoms with van der Waals surface area (Å²) < 4.78 is 0. The van der Waals surface area contributed by atoms with Crippen LogP contribution in [-0.4, -0.2) is 37.6 Å². The van der Waals surface area contributed by atoms with Crippen LogP contribution in [0.2, 0.25) is 0 Å². The third-order valence-corrected chi connectivity index (χ3v) is 3.72. The van der Waals surface area contributed by atoms with Crippen LogP contribution in [0.25, 0.3) is 0 Å². The van der Waals surface area contributed by atoms with E-state index in [9.17, 15) is 0 Å². The minimum atomic E-state index is 0.662. The number of aryl methyl sites for hydroxylation is 3. The Bertz CT molecular complexity index is 373. The lowest BCUT2D eigenvalue weighted by Crippen LogP contribution is -2.49. The summed E-state index contributed by atoms with van der Waals surface area (Å²) in [4.78, 5) is 2.42. The van der Waals surface area contributed by atoms with Crippen LogP contribution >= 0.6 is 0 Å². The molecule has 0 aromatic heterocycles. The van der Waals surface area contributed by atoms with Crippen molar-refractivity contribution in [3.05, 3.63) is 34.9 Å². The number of nitrogens with one attached hydrogen (secondary N) is 1. The zero-order chi connectivity index (χ0) is 12.3. The van der Waals surface area contributed by atoms with Crippen molar-refractivity contribution < 1.29 is 0 Å². The van der Waals surface area contributed by atoms with Crippen molar-refractivity contribution in [2.24, 2.45) is 0 Å². The van der Waals surface area contributed by atoms with E-state index in [-0.39, 0.29) is 0 Å². The Labute approximate surface area is 105 Å². The molecule has 2 rings (SSSR count). The quantitative estimate of drug-likeness (QED) is 0.859. The normalized spacial score (nSPS) is 21.7. The van der Waals surface area contributed by atoms with Crippen molar-refractivity contribution in [3.63, 3.8) is 0 Å². The van der Waals surface area contributed by atoms with Gasteiger partial charge in [0.2, 0.25) is 0 Å². The van der Waals surface area contributed by atoms with Crippen LogP contribution in [0.1, 0.15) is 23.1 Å². The van der Waals surface area contributed by atoms with Gasteiger partial charge in [-0.15, -0.1) is 0 Å². The van der Waals surface area contributed by atoms with Crippen molar-refractivity contribution in [2.75, 3.05) is 26.7 Å². The highest BCUT2D eigenvalue weighted by Gasteiger charge is 2.16. The molecule has 1 aromatic rings. The van der Waals surface area contributed by atoms with E-state index in [4.69, 9.17) is 0 Å². The summed E-state index contributed by atoms with van der Waals surface area (Å²) in [5.74, 6) is 0. The molecule has 2 heteroatoms. The van der Waals surface area contributed by atoms with E-state index in [1.165, 1.54) is 42.6 Å². The average Bonchev–Trinajstić information content (AvgIpc) is 2.28. The smallest absolute Gasteiger partial charge is 0.0198 e. The molecule has 1 saturated heterocycles. The molecule has 0 amide bonds. The van der Waals surface area contributed by atoms with E-state index in [0.29, 0.717) is 6.04 Å². The zero-order valence-electron chi connectivity index (χ0n) is 11.3. The van der Waals surface area contributed by atoms with Crippen molar-refractivity contribution in [1.82, 2.24) is 10.2 Å². The van der Waals surface area contributed by atoms with E-state index < -0.39 is 0 Å². The van der Waals surface area contributed by atoms with Crippen molar-refractivity contribution in [1.29, 1.82) is 0 Å². The second-order valence-electron chi connectivity index (χ2n) is 5.38. The molecule has 1 aliphatic heterocycles. The van der Waals surface area contributed by atoms with E-state index >= 15 is 0 Å². The molecule has 0 aliphatic carbocycles. The third-order valence-electron chi connectivity index (χ3n) is 3.72. The maximum Gasteiger partial charge on any atom is 0.0198 e. The van der Waals surface area contributed by atoms with Crippen LogP contribution in [0, 0.1) is 13.8 Å². The molecule has 0 spiro atoms. The molecule has 17 heavy (non-hydrogen) atoms. The molecule has 0 saturated carbocycles. The van der Waals surface area contributed by atoms with Gasteiger partial charge in [-0.3, -0.25) is 0 Å². The number of nitrogens with zero attached hydrogens (tertiary/aromatic N) is 1. The second kappa shape index (κ2) is 5.65. The highest BCUT2D eigenvalue weighted by atomic mass is 15.2. The lowest BCUT2D eigenvalue weighted by atomic mass is 9.98. The fourth-order valence-corrected chi connectivity index (χ4v) is 2.64. The predicted octanol–water partition coefficient (Wildman–Crippen LogP) is 2.14. The highest BCUT2D eigenvalue weighted by Crippen LogP contribution is 2.14. The van der Waals surface area contributed by atoms with Crippen LogP contribution in [0.4, 0.5) is 0 Å². The van der Waals surface area contributed by atoms with Crippen LogP contribution in [0.5, 0.6) is 0 Å². The van der Waals surface area contributed by atoms with Gasteiger partial charge in [0, 0.05) is 25.7 Å². The first-order chi connectivity index (χ1) is 8.15. The van der Waals surface area contributed by atoms with Crippen LogP contribution < -0.4 is 5.32 Å². The van der Waals surface area contributed by atoms with Gasteiger partial charge in [-0.25, -0.2) is 0 Å². The Kier molecular flexibility index (Phi) is 4.19. The summed E-state index contributed by atoms with van der Waals surface area (Å²) in [6, 6.07) is 7.46. The van der Waals surface area contributed by atoms with Gasteiger partial charge < -0.3 is 10.2 Å². The summed E-state index contributed by atoms with van der Waals surface area (Å²) in [5.41, 5.74) is 4.31. The molecule has 1 fully saturated rings. The molecule has 1 aromatic carbocycles. The van der Waals surface area contributed by atoms with Crippen molar-refractivity contribution in [2.45, 2.75) is 32.7 Å². The SMILES string of the molecule is Cc1ccc(CCC2CN(C)CCN2)c(C)c1. The molecular formula is C15H24N2.